The summed E-state index contributed by atoms with van der Waals surface area (Å²) in [6, 6.07) is 20.3. The Morgan fingerprint density at radius 2 is 1.70 bits per heavy atom. The monoisotopic (exact) mass is 585 g/mol. The summed E-state index contributed by atoms with van der Waals surface area (Å²) in [5, 5.41) is 19.5. The Bertz CT molecular complexity index is 1610. The van der Waals surface area contributed by atoms with Gasteiger partial charge in [-0.3, -0.25) is 9.59 Å². The highest BCUT2D eigenvalue weighted by molar-refractivity contribution is 5.96. The molecular weight excluding hydrogens is 546 g/mol. The molecule has 4 aromatic rings. The van der Waals surface area contributed by atoms with Crippen LogP contribution in [0, 0.1) is 5.92 Å². The van der Waals surface area contributed by atoms with E-state index in [9.17, 15) is 24.6 Å². The molecule has 226 valence electrons. The van der Waals surface area contributed by atoms with Gasteiger partial charge in [0.15, 0.2) is 0 Å². The van der Waals surface area contributed by atoms with Gasteiger partial charge in [0.1, 0.15) is 5.82 Å². The maximum absolute atomic E-state index is 13.0. The zero-order chi connectivity index (χ0) is 29.8. The molecule has 0 saturated heterocycles. The normalized spacial score (nSPS) is 16.4. The highest BCUT2D eigenvalue weighted by Crippen LogP contribution is 2.34. The molecule has 2 unspecified atom stereocenters. The molecule has 9 heteroatoms. The second-order valence-corrected chi connectivity index (χ2v) is 11.1. The van der Waals surface area contributed by atoms with Crippen LogP contribution in [0.2, 0.25) is 0 Å². The Hall–Kier alpha value is -4.50. The van der Waals surface area contributed by atoms with Crippen LogP contribution in [-0.2, 0) is 22.6 Å². The van der Waals surface area contributed by atoms with E-state index < -0.39 is 17.9 Å². The van der Waals surface area contributed by atoms with Crippen molar-refractivity contribution in [1.29, 1.82) is 0 Å². The Balaban J connectivity index is 0.00000423. The smallest absolute Gasteiger partial charge is 0.336 e. The van der Waals surface area contributed by atoms with Gasteiger partial charge in [-0.15, -0.1) is 0 Å². The number of aromatic nitrogens is 2. The number of benzene rings is 3. The van der Waals surface area contributed by atoms with Crippen molar-refractivity contribution in [3.8, 4) is 11.1 Å². The minimum atomic E-state index is -0.960. The van der Waals surface area contributed by atoms with Crippen LogP contribution in [-0.4, -0.2) is 49.1 Å². The molecular formula is C34H39N3O6. The second-order valence-electron chi connectivity index (χ2n) is 11.1. The number of aryl methyl sites for hydroxylation is 1. The summed E-state index contributed by atoms with van der Waals surface area (Å²) < 4.78 is 2.18. The van der Waals surface area contributed by atoms with Crippen molar-refractivity contribution >= 4 is 34.6 Å². The summed E-state index contributed by atoms with van der Waals surface area (Å²) in [5.41, 5.74) is 5.22. The SMILES string of the molecule is CCCCc1nc2ccc(N(C(C)=O)C3CCCCC3C(=O)O)cc2n1Cc1ccc(-c2ccccc2C(=O)O)cc1.O. The highest BCUT2D eigenvalue weighted by atomic mass is 16.4. The second kappa shape index (κ2) is 13.6. The lowest BCUT2D eigenvalue weighted by Gasteiger charge is -2.37. The summed E-state index contributed by atoms with van der Waals surface area (Å²) in [5.74, 6) is -1.61. The fourth-order valence-corrected chi connectivity index (χ4v) is 6.22. The minimum Gasteiger partial charge on any atom is -0.481 e. The van der Waals surface area contributed by atoms with Crippen LogP contribution in [0.4, 0.5) is 5.69 Å². The molecule has 1 saturated carbocycles. The summed E-state index contributed by atoms with van der Waals surface area (Å²) >= 11 is 0. The molecule has 43 heavy (non-hydrogen) atoms. The third kappa shape index (κ3) is 6.62. The molecule has 4 N–H and O–H groups in total. The van der Waals surface area contributed by atoms with Crippen molar-refractivity contribution in [2.75, 3.05) is 4.90 Å². The molecule has 0 bridgehead atoms. The number of unbranched alkanes of at least 4 members (excludes halogenated alkanes) is 1. The van der Waals surface area contributed by atoms with Gasteiger partial charge in [-0.25, -0.2) is 9.78 Å². The molecule has 1 aromatic heterocycles. The van der Waals surface area contributed by atoms with Gasteiger partial charge in [0.25, 0.3) is 0 Å². The summed E-state index contributed by atoms with van der Waals surface area (Å²) in [4.78, 5) is 43.4. The Labute approximate surface area is 251 Å². The Kier molecular flexibility index (Phi) is 9.98. The van der Waals surface area contributed by atoms with E-state index in [1.54, 1.807) is 17.0 Å². The average molecular weight is 586 g/mol. The maximum atomic E-state index is 13.0. The van der Waals surface area contributed by atoms with Crippen LogP contribution < -0.4 is 4.90 Å². The molecule has 1 aliphatic rings. The number of carbonyl (C=O) groups excluding carboxylic acids is 1. The number of anilines is 1. The molecule has 0 radical (unpaired) electrons. The van der Waals surface area contributed by atoms with Gasteiger partial charge in [-0.1, -0.05) is 68.7 Å². The number of carboxylic acid groups (broad SMARTS) is 2. The highest BCUT2D eigenvalue weighted by Gasteiger charge is 2.37. The molecule has 1 heterocycles. The number of amides is 1. The lowest BCUT2D eigenvalue weighted by Crippen LogP contribution is -2.48. The zero-order valence-corrected chi connectivity index (χ0v) is 24.6. The number of aliphatic carboxylic acids is 1. The average Bonchev–Trinajstić information content (AvgIpc) is 3.32. The first-order valence-corrected chi connectivity index (χ1v) is 14.7. The van der Waals surface area contributed by atoms with E-state index in [0.29, 0.717) is 30.6 Å². The molecule has 5 rings (SSSR count). The van der Waals surface area contributed by atoms with E-state index in [-0.39, 0.29) is 23.0 Å². The zero-order valence-electron chi connectivity index (χ0n) is 24.6. The molecule has 1 aliphatic carbocycles. The Morgan fingerprint density at radius 1 is 0.977 bits per heavy atom. The van der Waals surface area contributed by atoms with E-state index in [2.05, 4.69) is 11.5 Å². The third-order valence-corrected chi connectivity index (χ3v) is 8.32. The number of carbonyl (C=O) groups is 3. The fraction of sp³-hybridized carbons (Fsp3) is 0.353. The number of carboxylic acids is 2. The molecule has 9 nitrogen and oxygen atoms in total. The molecule has 1 fully saturated rings. The predicted molar refractivity (Wildman–Crippen MR) is 166 cm³/mol. The molecule has 1 amide bonds. The van der Waals surface area contributed by atoms with Crippen molar-refractivity contribution in [3.05, 3.63) is 83.7 Å². The first-order chi connectivity index (χ1) is 20.3. The van der Waals surface area contributed by atoms with Gasteiger partial charge >= 0.3 is 11.9 Å². The van der Waals surface area contributed by atoms with E-state index in [1.165, 1.54) is 6.92 Å². The van der Waals surface area contributed by atoms with Crippen molar-refractivity contribution in [3.63, 3.8) is 0 Å². The molecule has 0 spiro atoms. The van der Waals surface area contributed by atoms with E-state index in [0.717, 1.165) is 60.1 Å². The number of hydrogen-bond acceptors (Lipinski definition) is 4. The van der Waals surface area contributed by atoms with E-state index in [1.807, 2.05) is 54.6 Å². The van der Waals surface area contributed by atoms with Crippen molar-refractivity contribution in [1.82, 2.24) is 9.55 Å². The summed E-state index contributed by atoms with van der Waals surface area (Å²) in [6.45, 7) is 4.21. The lowest BCUT2D eigenvalue weighted by atomic mass is 9.83. The minimum absolute atomic E-state index is 0. The number of rotatable bonds is 10. The fourth-order valence-electron chi connectivity index (χ4n) is 6.22. The largest absolute Gasteiger partial charge is 0.481 e. The van der Waals surface area contributed by atoms with Gasteiger partial charge in [0.05, 0.1) is 28.6 Å². The number of imidazole rings is 1. The number of fused-ring (bicyclic) bond motifs is 1. The molecule has 2 atom stereocenters. The number of hydrogen-bond donors (Lipinski definition) is 2. The van der Waals surface area contributed by atoms with Crippen LogP contribution in [0.25, 0.3) is 22.2 Å². The number of aromatic carboxylic acids is 1. The number of nitrogens with zero attached hydrogens (tertiary/aromatic N) is 3. The quantitative estimate of drug-likeness (QED) is 0.235. The van der Waals surface area contributed by atoms with Crippen LogP contribution in [0.15, 0.2) is 66.7 Å². The van der Waals surface area contributed by atoms with Gasteiger partial charge in [-0.05, 0) is 60.2 Å². The van der Waals surface area contributed by atoms with Crippen LogP contribution in [0.5, 0.6) is 0 Å². The van der Waals surface area contributed by atoms with Gasteiger partial charge in [0.2, 0.25) is 5.91 Å². The standard InChI is InChI=1S/C34H37N3O5.H2O/c1-3-4-13-32-35-29-19-18-25(37(22(2)38)30-12-8-7-11-28(30)34(41)42)20-31(29)36(32)21-23-14-16-24(17-15-23)26-9-5-6-10-27(26)33(39)40;/h5-6,9-10,14-20,28,30H,3-4,7-8,11-13,21H2,1-2H3,(H,39,40)(H,41,42);1H2. The van der Waals surface area contributed by atoms with E-state index >= 15 is 0 Å². The Morgan fingerprint density at radius 3 is 2.37 bits per heavy atom. The van der Waals surface area contributed by atoms with Crippen LogP contribution >= 0.6 is 0 Å². The summed E-state index contributed by atoms with van der Waals surface area (Å²) in [6.07, 6.45) is 5.81. The maximum Gasteiger partial charge on any atom is 0.336 e. The van der Waals surface area contributed by atoms with Gasteiger partial charge < -0.3 is 25.2 Å². The van der Waals surface area contributed by atoms with Gasteiger partial charge in [0, 0.05) is 25.6 Å². The first kappa shape index (κ1) is 31.4. The topological polar surface area (TPSA) is 144 Å². The summed E-state index contributed by atoms with van der Waals surface area (Å²) in [7, 11) is 0. The molecule has 0 aliphatic heterocycles. The molecule has 3 aromatic carbocycles. The van der Waals surface area contributed by atoms with Crippen molar-refractivity contribution in [2.45, 2.75) is 71.4 Å². The van der Waals surface area contributed by atoms with Crippen molar-refractivity contribution < 1.29 is 30.1 Å². The van der Waals surface area contributed by atoms with Gasteiger partial charge in [-0.2, -0.15) is 0 Å². The van der Waals surface area contributed by atoms with Crippen molar-refractivity contribution in [2.24, 2.45) is 5.92 Å². The predicted octanol–water partition coefficient (Wildman–Crippen LogP) is 5.96. The third-order valence-electron chi connectivity index (χ3n) is 8.32. The lowest BCUT2D eigenvalue weighted by molar-refractivity contribution is -0.143. The first-order valence-electron chi connectivity index (χ1n) is 14.7. The van der Waals surface area contributed by atoms with Crippen LogP contribution in [0.1, 0.15) is 74.1 Å². The van der Waals surface area contributed by atoms with E-state index in [4.69, 9.17) is 4.98 Å². The van der Waals surface area contributed by atoms with Crippen LogP contribution in [0.3, 0.4) is 0 Å².